The zero-order chi connectivity index (χ0) is 15.8. The molecule has 122 valence electrons. The molecule has 1 heterocycles. The number of nitrogens with one attached hydrogen (secondary N) is 3. The fourth-order valence-corrected chi connectivity index (χ4v) is 2.94. The quantitative estimate of drug-likeness (QED) is 0.536. The Balaban J connectivity index is 1.61. The molecule has 0 amide bonds. The summed E-state index contributed by atoms with van der Waals surface area (Å²) >= 11 is 11.3. The fraction of sp³-hybridized carbons (Fsp3) is 0.562. The number of morpholine rings is 1. The molecule has 1 aliphatic rings. The van der Waals surface area contributed by atoms with Crippen LogP contribution in [0, 0.1) is 0 Å². The Bertz CT molecular complexity index is 463. The molecule has 1 saturated heterocycles. The number of benzene rings is 1. The van der Waals surface area contributed by atoms with Crippen LogP contribution in [0.4, 0.5) is 0 Å². The fourth-order valence-electron chi connectivity index (χ4n) is 2.53. The van der Waals surface area contributed by atoms with E-state index in [2.05, 4.69) is 17.6 Å². The molecule has 2 rings (SSSR count). The van der Waals surface area contributed by atoms with Crippen LogP contribution in [0.3, 0.4) is 0 Å². The Morgan fingerprint density at radius 3 is 2.68 bits per heavy atom. The Morgan fingerprint density at radius 2 is 2.00 bits per heavy atom. The van der Waals surface area contributed by atoms with Crippen LogP contribution in [-0.4, -0.2) is 44.5 Å². The van der Waals surface area contributed by atoms with Crippen molar-refractivity contribution in [2.75, 3.05) is 39.4 Å². The van der Waals surface area contributed by atoms with Gasteiger partial charge in [-0.2, -0.15) is 0 Å². The van der Waals surface area contributed by atoms with Gasteiger partial charge in [0.1, 0.15) is 13.1 Å². The molecule has 22 heavy (non-hydrogen) atoms. The van der Waals surface area contributed by atoms with Crippen molar-refractivity contribution in [2.45, 2.75) is 19.4 Å². The van der Waals surface area contributed by atoms with Gasteiger partial charge in [-0.05, 0) is 36.8 Å². The largest absolute Gasteiger partial charge is 0.370 e. The van der Waals surface area contributed by atoms with E-state index in [0.717, 1.165) is 44.3 Å². The lowest BCUT2D eigenvalue weighted by Gasteiger charge is -2.24. The molecule has 0 spiro atoms. The maximum atomic E-state index is 5.90. The minimum Gasteiger partial charge on any atom is -0.370 e. The number of halogens is 1. The van der Waals surface area contributed by atoms with Gasteiger partial charge in [0.05, 0.1) is 25.8 Å². The number of quaternary nitrogens is 1. The van der Waals surface area contributed by atoms with Crippen LogP contribution in [-0.2, 0) is 4.74 Å². The summed E-state index contributed by atoms with van der Waals surface area (Å²) < 4.78 is 5.36. The molecule has 0 aromatic heterocycles. The summed E-state index contributed by atoms with van der Waals surface area (Å²) in [6.07, 6.45) is 1.12. The van der Waals surface area contributed by atoms with Gasteiger partial charge >= 0.3 is 0 Å². The molecule has 1 atom stereocenters. The first kappa shape index (κ1) is 17.5. The van der Waals surface area contributed by atoms with Crippen molar-refractivity contribution >= 4 is 28.9 Å². The molecule has 1 aromatic rings. The first-order valence-corrected chi connectivity index (χ1v) is 8.65. The summed E-state index contributed by atoms with van der Waals surface area (Å²) in [6, 6.07) is 8.00. The molecule has 1 aromatic carbocycles. The van der Waals surface area contributed by atoms with E-state index in [1.165, 1.54) is 12.1 Å². The third kappa shape index (κ3) is 6.08. The third-order valence-electron chi connectivity index (χ3n) is 3.91. The van der Waals surface area contributed by atoms with Gasteiger partial charge in [-0.15, -0.1) is 0 Å². The van der Waals surface area contributed by atoms with Crippen molar-refractivity contribution in [1.82, 2.24) is 10.6 Å². The summed E-state index contributed by atoms with van der Waals surface area (Å²) in [5, 5.41) is 8.05. The van der Waals surface area contributed by atoms with Crippen LogP contribution in [0.15, 0.2) is 24.3 Å². The lowest BCUT2D eigenvalue weighted by molar-refractivity contribution is -0.908. The third-order valence-corrected chi connectivity index (χ3v) is 4.42. The SMILES string of the molecule is C[C@@H](NC(=S)NCCC[NH+]1CCOCC1)c1ccc(Cl)cc1. The molecule has 0 radical (unpaired) electrons. The van der Waals surface area contributed by atoms with E-state index in [1.807, 2.05) is 24.3 Å². The first-order chi connectivity index (χ1) is 10.6. The second-order valence-electron chi connectivity index (χ2n) is 5.64. The topological polar surface area (TPSA) is 37.7 Å². The molecule has 4 nitrogen and oxygen atoms in total. The van der Waals surface area contributed by atoms with Gasteiger partial charge in [0, 0.05) is 18.0 Å². The van der Waals surface area contributed by atoms with E-state index in [9.17, 15) is 0 Å². The summed E-state index contributed by atoms with van der Waals surface area (Å²) in [5.74, 6) is 0. The van der Waals surface area contributed by atoms with Crippen LogP contribution in [0.2, 0.25) is 5.02 Å². The molecule has 0 aliphatic carbocycles. The second kappa shape index (κ2) is 9.30. The number of hydrogen-bond acceptors (Lipinski definition) is 2. The monoisotopic (exact) mass is 342 g/mol. The highest BCUT2D eigenvalue weighted by molar-refractivity contribution is 7.80. The average molecular weight is 343 g/mol. The van der Waals surface area contributed by atoms with Gasteiger partial charge in [-0.1, -0.05) is 23.7 Å². The van der Waals surface area contributed by atoms with Gasteiger partial charge in [0.2, 0.25) is 0 Å². The molecule has 6 heteroatoms. The highest BCUT2D eigenvalue weighted by Crippen LogP contribution is 2.15. The standard InChI is InChI=1S/C16H24ClN3OS/c1-13(14-3-5-15(17)6-4-14)19-16(22)18-7-2-8-20-9-11-21-12-10-20/h3-6,13H,2,7-12H2,1H3,(H2,18,19,22)/p+1/t13-/m1/s1. The van der Waals surface area contributed by atoms with E-state index < -0.39 is 0 Å². The van der Waals surface area contributed by atoms with Crippen molar-refractivity contribution in [1.29, 1.82) is 0 Å². The normalized spacial score (nSPS) is 17.0. The van der Waals surface area contributed by atoms with Crippen molar-refractivity contribution < 1.29 is 9.64 Å². The predicted octanol–water partition coefficient (Wildman–Crippen LogP) is 1.17. The summed E-state index contributed by atoms with van der Waals surface area (Å²) in [6.45, 7) is 8.19. The van der Waals surface area contributed by atoms with Crippen LogP contribution < -0.4 is 15.5 Å². The van der Waals surface area contributed by atoms with Crippen LogP contribution in [0.5, 0.6) is 0 Å². The second-order valence-corrected chi connectivity index (χ2v) is 6.48. The summed E-state index contributed by atoms with van der Waals surface area (Å²) in [7, 11) is 0. The van der Waals surface area contributed by atoms with Crippen LogP contribution in [0.1, 0.15) is 24.9 Å². The Morgan fingerprint density at radius 1 is 1.32 bits per heavy atom. The van der Waals surface area contributed by atoms with Crippen molar-refractivity contribution in [3.63, 3.8) is 0 Å². The maximum absolute atomic E-state index is 5.90. The predicted molar refractivity (Wildman–Crippen MR) is 94.6 cm³/mol. The van der Waals surface area contributed by atoms with E-state index >= 15 is 0 Å². The van der Waals surface area contributed by atoms with Gasteiger partial charge in [-0.25, -0.2) is 0 Å². The molecule has 0 bridgehead atoms. The molecule has 0 unspecified atom stereocenters. The van der Waals surface area contributed by atoms with Crippen molar-refractivity contribution in [2.24, 2.45) is 0 Å². The zero-order valence-corrected chi connectivity index (χ0v) is 14.6. The Kier molecular flexibility index (Phi) is 7.39. The number of thiocarbonyl (C=S) groups is 1. The number of hydrogen-bond donors (Lipinski definition) is 3. The highest BCUT2D eigenvalue weighted by Gasteiger charge is 2.13. The summed E-state index contributed by atoms with van der Waals surface area (Å²) in [5.41, 5.74) is 1.17. The van der Waals surface area contributed by atoms with Gasteiger partial charge < -0.3 is 20.3 Å². The average Bonchev–Trinajstić information content (AvgIpc) is 2.53. The molecule has 3 N–H and O–H groups in total. The van der Waals surface area contributed by atoms with Gasteiger partial charge in [0.15, 0.2) is 5.11 Å². The molecule has 1 aliphatic heterocycles. The summed E-state index contributed by atoms with van der Waals surface area (Å²) in [4.78, 5) is 1.63. The van der Waals surface area contributed by atoms with E-state index in [1.54, 1.807) is 4.90 Å². The van der Waals surface area contributed by atoms with Gasteiger partial charge in [0.25, 0.3) is 0 Å². The van der Waals surface area contributed by atoms with Crippen LogP contribution in [0.25, 0.3) is 0 Å². The smallest absolute Gasteiger partial charge is 0.166 e. The van der Waals surface area contributed by atoms with Crippen LogP contribution >= 0.6 is 23.8 Å². The lowest BCUT2D eigenvalue weighted by Crippen LogP contribution is -3.14. The first-order valence-electron chi connectivity index (χ1n) is 7.86. The molecule has 0 saturated carbocycles. The molecular formula is C16H25ClN3OS+. The zero-order valence-electron chi connectivity index (χ0n) is 13.0. The highest BCUT2D eigenvalue weighted by atomic mass is 35.5. The molecule has 1 fully saturated rings. The van der Waals surface area contributed by atoms with E-state index in [4.69, 9.17) is 28.6 Å². The number of ether oxygens (including phenoxy) is 1. The Labute approximate surface area is 143 Å². The minimum atomic E-state index is 0.169. The number of rotatable bonds is 6. The van der Waals surface area contributed by atoms with Crippen molar-refractivity contribution in [3.8, 4) is 0 Å². The van der Waals surface area contributed by atoms with Gasteiger partial charge in [-0.3, -0.25) is 0 Å². The van der Waals surface area contributed by atoms with E-state index in [-0.39, 0.29) is 6.04 Å². The maximum Gasteiger partial charge on any atom is 0.166 e. The minimum absolute atomic E-state index is 0.169. The lowest BCUT2D eigenvalue weighted by atomic mass is 10.1. The van der Waals surface area contributed by atoms with E-state index in [0.29, 0.717) is 5.11 Å². The molecular weight excluding hydrogens is 318 g/mol. The van der Waals surface area contributed by atoms with Crippen molar-refractivity contribution in [3.05, 3.63) is 34.9 Å². The Hall–Kier alpha value is -0.880.